The monoisotopic (exact) mass is 328 g/mol. The molecule has 2 rings (SSSR count). The minimum Gasteiger partial charge on any atom is -0.493 e. The van der Waals surface area contributed by atoms with E-state index in [1.54, 1.807) is 11.4 Å². The zero-order valence-electron chi connectivity index (χ0n) is 11.2. The fourth-order valence-electron chi connectivity index (χ4n) is 1.55. The number of hydrogen-bond donors (Lipinski definition) is 0. The van der Waals surface area contributed by atoms with Crippen molar-refractivity contribution in [3.05, 3.63) is 41.3 Å². The Bertz CT molecular complexity index is 734. The Morgan fingerprint density at radius 2 is 1.90 bits per heavy atom. The predicted molar refractivity (Wildman–Crippen MR) is 76.5 cm³/mol. The standard InChI is InChI=1S/C13H12O6S2/c1-17-11-8-9(13(14)18-2)5-6-10(11)19-21(15,16)12-4-3-7-20-12/h3-8H,1-2H3. The lowest BCUT2D eigenvalue weighted by Gasteiger charge is -2.10. The highest BCUT2D eigenvalue weighted by molar-refractivity contribution is 7.89. The lowest BCUT2D eigenvalue weighted by Crippen LogP contribution is -2.09. The van der Waals surface area contributed by atoms with E-state index in [9.17, 15) is 13.2 Å². The topological polar surface area (TPSA) is 78.9 Å². The minimum absolute atomic E-state index is 0.00134. The molecule has 0 atom stereocenters. The molecule has 0 aliphatic carbocycles. The van der Waals surface area contributed by atoms with Gasteiger partial charge in [-0.3, -0.25) is 0 Å². The third kappa shape index (κ3) is 3.34. The maximum absolute atomic E-state index is 12.0. The van der Waals surface area contributed by atoms with Crippen LogP contribution in [0, 0.1) is 0 Å². The number of hydrogen-bond acceptors (Lipinski definition) is 7. The van der Waals surface area contributed by atoms with E-state index in [-0.39, 0.29) is 21.3 Å². The molecule has 6 nitrogen and oxygen atoms in total. The SMILES string of the molecule is COC(=O)c1ccc(OS(=O)(=O)c2cccs2)c(OC)c1. The average molecular weight is 328 g/mol. The van der Waals surface area contributed by atoms with Crippen molar-refractivity contribution in [1.29, 1.82) is 0 Å². The van der Waals surface area contributed by atoms with Crippen LogP contribution in [0.4, 0.5) is 0 Å². The van der Waals surface area contributed by atoms with E-state index < -0.39 is 16.1 Å². The highest BCUT2D eigenvalue weighted by Gasteiger charge is 2.21. The van der Waals surface area contributed by atoms with Gasteiger partial charge in [-0.05, 0) is 29.6 Å². The van der Waals surface area contributed by atoms with Gasteiger partial charge in [0.05, 0.1) is 19.8 Å². The summed E-state index contributed by atoms with van der Waals surface area (Å²) in [4.78, 5) is 11.4. The molecule has 112 valence electrons. The Morgan fingerprint density at radius 3 is 2.48 bits per heavy atom. The van der Waals surface area contributed by atoms with Gasteiger partial charge in [0.15, 0.2) is 15.7 Å². The molecule has 0 amide bonds. The van der Waals surface area contributed by atoms with Gasteiger partial charge in [-0.15, -0.1) is 11.3 Å². The molecule has 0 aliphatic heterocycles. The van der Waals surface area contributed by atoms with Crippen LogP contribution in [0.1, 0.15) is 10.4 Å². The molecule has 0 bridgehead atoms. The van der Waals surface area contributed by atoms with Crippen LogP contribution < -0.4 is 8.92 Å². The number of thiophene rings is 1. The molecule has 2 aromatic rings. The van der Waals surface area contributed by atoms with Crippen molar-refractivity contribution in [2.45, 2.75) is 4.21 Å². The zero-order chi connectivity index (χ0) is 15.5. The molecule has 0 aliphatic rings. The van der Waals surface area contributed by atoms with E-state index in [1.807, 2.05) is 0 Å². The first-order valence-corrected chi connectivity index (χ1v) is 8.01. The second kappa shape index (κ2) is 6.15. The molecule has 1 aromatic carbocycles. The Morgan fingerprint density at radius 1 is 1.14 bits per heavy atom. The van der Waals surface area contributed by atoms with Crippen molar-refractivity contribution in [3.63, 3.8) is 0 Å². The van der Waals surface area contributed by atoms with Crippen molar-refractivity contribution in [1.82, 2.24) is 0 Å². The first-order chi connectivity index (χ1) is 9.97. The number of rotatable bonds is 5. The molecular formula is C13H12O6S2. The molecule has 0 saturated heterocycles. The van der Waals surface area contributed by atoms with E-state index in [0.717, 1.165) is 11.3 Å². The van der Waals surface area contributed by atoms with Gasteiger partial charge in [0.2, 0.25) is 0 Å². The molecule has 0 radical (unpaired) electrons. The van der Waals surface area contributed by atoms with E-state index >= 15 is 0 Å². The van der Waals surface area contributed by atoms with Crippen molar-refractivity contribution >= 4 is 27.4 Å². The lowest BCUT2D eigenvalue weighted by atomic mass is 10.2. The van der Waals surface area contributed by atoms with Crippen LogP contribution in [0.3, 0.4) is 0 Å². The van der Waals surface area contributed by atoms with Gasteiger partial charge in [0.1, 0.15) is 0 Å². The summed E-state index contributed by atoms with van der Waals surface area (Å²) >= 11 is 1.05. The molecular weight excluding hydrogens is 316 g/mol. The summed E-state index contributed by atoms with van der Waals surface area (Å²) in [6, 6.07) is 7.14. The van der Waals surface area contributed by atoms with Crippen molar-refractivity contribution in [2.24, 2.45) is 0 Å². The van der Waals surface area contributed by atoms with Gasteiger partial charge in [-0.2, -0.15) is 8.42 Å². The maximum atomic E-state index is 12.0. The third-order valence-electron chi connectivity index (χ3n) is 2.53. The Balaban J connectivity index is 2.35. The smallest absolute Gasteiger partial charge is 0.348 e. The molecule has 1 aromatic heterocycles. The number of carbonyl (C=O) groups is 1. The minimum atomic E-state index is -3.92. The number of methoxy groups -OCH3 is 2. The van der Waals surface area contributed by atoms with Crippen LogP contribution in [0.2, 0.25) is 0 Å². The van der Waals surface area contributed by atoms with Crippen LogP contribution in [0.25, 0.3) is 0 Å². The fraction of sp³-hybridized carbons (Fsp3) is 0.154. The summed E-state index contributed by atoms with van der Waals surface area (Å²) in [6.07, 6.45) is 0. The number of carbonyl (C=O) groups excluding carboxylic acids is 1. The van der Waals surface area contributed by atoms with Crippen molar-refractivity contribution in [3.8, 4) is 11.5 Å². The fourth-order valence-corrected chi connectivity index (χ4v) is 3.44. The molecule has 0 spiro atoms. The predicted octanol–water partition coefficient (Wildman–Crippen LogP) is 2.31. The number of esters is 1. The lowest BCUT2D eigenvalue weighted by molar-refractivity contribution is 0.0600. The Kier molecular flexibility index (Phi) is 4.49. The first kappa shape index (κ1) is 15.3. The summed E-state index contributed by atoms with van der Waals surface area (Å²) in [5.74, 6) is -0.433. The molecule has 0 unspecified atom stereocenters. The average Bonchev–Trinajstić information content (AvgIpc) is 3.01. The molecule has 8 heteroatoms. The Hall–Kier alpha value is -2.06. The van der Waals surface area contributed by atoms with E-state index in [0.29, 0.717) is 0 Å². The summed E-state index contributed by atoms with van der Waals surface area (Å²) in [7, 11) is -1.32. The summed E-state index contributed by atoms with van der Waals surface area (Å²) in [6.45, 7) is 0. The van der Waals surface area contributed by atoms with Gasteiger partial charge in [-0.25, -0.2) is 4.79 Å². The second-order valence-electron chi connectivity index (χ2n) is 3.83. The van der Waals surface area contributed by atoms with E-state index in [1.165, 1.54) is 38.5 Å². The largest absolute Gasteiger partial charge is 0.493 e. The molecule has 0 fully saturated rings. The van der Waals surface area contributed by atoms with Gasteiger partial charge < -0.3 is 13.7 Å². The van der Waals surface area contributed by atoms with Crippen LogP contribution >= 0.6 is 11.3 Å². The summed E-state index contributed by atoms with van der Waals surface area (Å²) < 4.78 is 38.9. The van der Waals surface area contributed by atoms with E-state index in [4.69, 9.17) is 8.92 Å². The highest BCUT2D eigenvalue weighted by Crippen LogP contribution is 2.31. The molecule has 0 saturated carbocycles. The third-order valence-corrected chi connectivity index (χ3v) is 5.12. The summed E-state index contributed by atoms with van der Waals surface area (Å²) in [5, 5.41) is 1.63. The first-order valence-electron chi connectivity index (χ1n) is 5.72. The van der Waals surface area contributed by atoms with Gasteiger partial charge in [0.25, 0.3) is 0 Å². The van der Waals surface area contributed by atoms with Crippen LogP contribution in [-0.4, -0.2) is 28.6 Å². The highest BCUT2D eigenvalue weighted by atomic mass is 32.3. The quantitative estimate of drug-likeness (QED) is 0.619. The van der Waals surface area contributed by atoms with Gasteiger partial charge in [-0.1, -0.05) is 6.07 Å². The van der Waals surface area contributed by atoms with Crippen molar-refractivity contribution in [2.75, 3.05) is 14.2 Å². The van der Waals surface area contributed by atoms with Crippen molar-refractivity contribution < 1.29 is 26.9 Å². The second-order valence-corrected chi connectivity index (χ2v) is 6.55. The summed E-state index contributed by atoms with van der Waals surface area (Å²) in [5.41, 5.74) is 0.232. The maximum Gasteiger partial charge on any atom is 0.348 e. The van der Waals surface area contributed by atoms with Crippen LogP contribution in [0.15, 0.2) is 39.9 Å². The molecule has 21 heavy (non-hydrogen) atoms. The van der Waals surface area contributed by atoms with Gasteiger partial charge >= 0.3 is 16.1 Å². The normalized spacial score (nSPS) is 11.0. The van der Waals surface area contributed by atoms with Crippen LogP contribution in [0.5, 0.6) is 11.5 Å². The van der Waals surface area contributed by atoms with E-state index in [2.05, 4.69) is 4.74 Å². The van der Waals surface area contributed by atoms with Gasteiger partial charge in [0, 0.05) is 0 Å². The zero-order valence-corrected chi connectivity index (χ0v) is 12.9. The number of benzene rings is 1. The number of ether oxygens (including phenoxy) is 2. The van der Waals surface area contributed by atoms with Crippen LogP contribution in [-0.2, 0) is 14.9 Å². The Labute approximate surface area is 126 Å². The molecule has 1 heterocycles. The molecule has 0 N–H and O–H groups in total.